The Morgan fingerprint density at radius 3 is 2.80 bits per heavy atom. The molecule has 0 spiro atoms. The van der Waals surface area contributed by atoms with Crippen LogP contribution in [0.15, 0.2) is 40.9 Å². The summed E-state index contributed by atoms with van der Waals surface area (Å²) in [7, 11) is -1.47. The lowest BCUT2D eigenvalue weighted by molar-refractivity contribution is -0.116. The first-order chi connectivity index (χ1) is 12.0. The molecule has 0 saturated heterocycles. The largest absolute Gasteiger partial charge is 0.309 e. The summed E-state index contributed by atoms with van der Waals surface area (Å²) in [5.74, 6) is -1.25. The summed E-state index contributed by atoms with van der Waals surface area (Å²) in [6, 6.07) is 8.89. The molecule has 3 nitrogen and oxygen atoms in total. The highest BCUT2D eigenvalue weighted by molar-refractivity contribution is 9.10. The number of rotatable bonds is 4. The Morgan fingerprint density at radius 1 is 1.24 bits per heavy atom. The topological polar surface area (TPSA) is 37.4 Å². The zero-order chi connectivity index (χ0) is 18.0. The number of aryl methyl sites for hydroxylation is 1. The number of hydrogen-bond donors (Lipinski definition) is 0. The van der Waals surface area contributed by atoms with Gasteiger partial charge in [0, 0.05) is 21.8 Å². The third kappa shape index (κ3) is 4.15. The number of carbonyl (C=O) groups is 1. The second-order valence-electron chi connectivity index (χ2n) is 5.86. The molecule has 1 aliphatic heterocycles. The van der Waals surface area contributed by atoms with E-state index >= 15 is 0 Å². The van der Waals surface area contributed by atoms with Crippen LogP contribution in [-0.4, -0.2) is 22.4 Å². The van der Waals surface area contributed by atoms with E-state index in [0.29, 0.717) is 22.3 Å². The summed E-state index contributed by atoms with van der Waals surface area (Å²) in [5, 5.41) is 0. The fraction of sp³-hybridized carbons (Fsp3) is 0.278. The minimum Gasteiger partial charge on any atom is -0.309 e. The number of anilines is 1. The third-order valence-corrected chi connectivity index (χ3v) is 6.03. The van der Waals surface area contributed by atoms with Crippen LogP contribution in [0.1, 0.15) is 17.5 Å². The molecule has 1 amide bonds. The number of amides is 1. The van der Waals surface area contributed by atoms with Gasteiger partial charge in [-0.2, -0.15) is 0 Å². The van der Waals surface area contributed by atoms with Gasteiger partial charge in [-0.25, -0.2) is 8.78 Å². The molecule has 132 valence electrons. The maximum absolute atomic E-state index is 14.1. The lowest BCUT2D eigenvalue weighted by Gasteiger charge is -2.29. The Balaban J connectivity index is 1.72. The zero-order valence-corrected chi connectivity index (χ0v) is 15.7. The van der Waals surface area contributed by atoms with Crippen LogP contribution in [0.5, 0.6) is 0 Å². The summed E-state index contributed by atoms with van der Waals surface area (Å²) in [6.45, 7) is 0.421. The van der Waals surface area contributed by atoms with Gasteiger partial charge in [0.25, 0.3) is 0 Å². The van der Waals surface area contributed by atoms with E-state index in [9.17, 15) is 17.8 Å². The smallest absolute Gasteiger partial charge is 0.239 e. The summed E-state index contributed by atoms with van der Waals surface area (Å²) in [5.41, 5.74) is 1.77. The van der Waals surface area contributed by atoms with Crippen molar-refractivity contribution >= 4 is 38.3 Å². The van der Waals surface area contributed by atoms with Gasteiger partial charge in [0.15, 0.2) is 0 Å². The Morgan fingerprint density at radius 2 is 2.04 bits per heavy atom. The van der Waals surface area contributed by atoms with Gasteiger partial charge in [0.2, 0.25) is 5.91 Å². The van der Waals surface area contributed by atoms with E-state index in [0.717, 1.165) is 18.4 Å². The Hall–Kier alpha value is -1.60. The van der Waals surface area contributed by atoms with Crippen molar-refractivity contribution in [3.8, 4) is 0 Å². The first kappa shape index (κ1) is 18.2. The van der Waals surface area contributed by atoms with E-state index in [-0.39, 0.29) is 17.4 Å². The second-order valence-corrected chi connectivity index (χ2v) is 8.17. The quantitative estimate of drug-likeness (QED) is 0.740. The van der Waals surface area contributed by atoms with Crippen LogP contribution in [0.4, 0.5) is 14.5 Å². The average molecular weight is 428 g/mol. The molecule has 3 rings (SSSR count). The molecule has 1 aliphatic rings. The fourth-order valence-corrected chi connectivity index (χ4v) is 4.74. The van der Waals surface area contributed by atoms with E-state index in [1.54, 1.807) is 6.07 Å². The van der Waals surface area contributed by atoms with Crippen molar-refractivity contribution in [1.29, 1.82) is 0 Å². The van der Waals surface area contributed by atoms with Crippen LogP contribution in [0, 0.1) is 11.6 Å². The van der Waals surface area contributed by atoms with E-state index in [2.05, 4.69) is 15.9 Å². The summed E-state index contributed by atoms with van der Waals surface area (Å²) >= 11 is 3.23. The van der Waals surface area contributed by atoms with Gasteiger partial charge in [-0.3, -0.25) is 9.00 Å². The molecule has 0 unspecified atom stereocenters. The predicted molar refractivity (Wildman–Crippen MR) is 97.9 cm³/mol. The highest BCUT2D eigenvalue weighted by Crippen LogP contribution is 2.30. The molecule has 0 saturated carbocycles. The molecular formula is C18H16BrF2NO2S. The summed E-state index contributed by atoms with van der Waals surface area (Å²) in [6.07, 6.45) is 1.47. The van der Waals surface area contributed by atoms with Gasteiger partial charge in [0.1, 0.15) is 17.4 Å². The summed E-state index contributed by atoms with van der Waals surface area (Å²) in [4.78, 5) is 13.9. The fourth-order valence-electron chi connectivity index (χ4n) is 2.93. The van der Waals surface area contributed by atoms with Crippen LogP contribution >= 0.6 is 15.9 Å². The number of carbonyl (C=O) groups excluding carboxylic acids is 1. The predicted octanol–water partition coefficient (Wildman–Crippen LogP) is 3.96. The van der Waals surface area contributed by atoms with Crippen molar-refractivity contribution in [2.24, 2.45) is 0 Å². The first-order valence-electron chi connectivity index (χ1n) is 7.82. The molecule has 1 atom stereocenters. The van der Waals surface area contributed by atoms with Crippen LogP contribution in [0.3, 0.4) is 0 Å². The van der Waals surface area contributed by atoms with Crippen molar-refractivity contribution < 1.29 is 17.8 Å². The second kappa shape index (κ2) is 7.74. The normalized spacial score (nSPS) is 14.9. The number of para-hydroxylation sites is 1. The van der Waals surface area contributed by atoms with Crippen molar-refractivity contribution in [2.45, 2.75) is 18.6 Å². The molecule has 0 aliphatic carbocycles. The minimum absolute atomic E-state index is 0.130. The number of hydrogen-bond acceptors (Lipinski definition) is 2. The molecule has 7 heteroatoms. The van der Waals surface area contributed by atoms with E-state index in [1.807, 2.05) is 6.07 Å². The molecule has 0 fully saturated rings. The van der Waals surface area contributed by atoms with Gasteiger partial charge >= 0.3 is 0 Å². The number of nitrogens with zero attached hydrogens (tertiary/aromatic N) is 1. The zero-order valence-electron chi connectivity index (χ0n) is 13.3. The number of halogens is 3. The van der Waals surface area contributed by atoms with Crippen LogP contribution < -0.4 is 4.90 Å². The lowest BCUT2D eigenvalue weighted by Crippen LogP contribution is -2.39. The molecule has 0 bridgehead atoms. The molecule has 1 heterocycles. The third-order valence-electron chi connectivity index (χ3n) is 4.09. The van der Waals surface area contributed by atoms with Crippen LogP contribution in [-0.2, 0) is 27.8 Å². The monoisotopic (exact) mass is 427 g/mol. The molecule has 2 aromatic rings. The molecule has 2 aromatic carbocycles. The van der Waals surface area contributed by atoms with Gasteiger partial charge in [-0.1, -0.05) is 34.1 Å². The maximum atomic E-state index is 14.1. The van der Waals surface area contributed by atoms with E-state index in [4.69, 9.17) is 0 Å². The first-order valence-corrected chi connectivity index (χ1v) is 10.1. The minimum atomic E-state index is -1.47. The SMILES string of the molecule is O=C(C[S@@](=O)Cc1ccc(F)cc1Br)N1CCCc2cccc(F)c21. The molecule has 25 heavy (non-hydrogen) atoms. The van der Waals surface area contributed by atoms with Gasteiger partial charge in [0.05, 0.1) is 11.4 Å². The highest BCUT2D eigenvalue weighted by atomic mass is 79.9. The standard InChI is InChI=1S/C18H16BrF2NO2S/c19-15-9-14(20)7-6-13(15)10-25(24)11-17(23)22-8-2-4-12-3-1-5-16(21)18(12)22/h1,3,5-7,9H,2,4,8,10-11H2/t25-/m0/s1. The van der Waals surface area contributed by atoms with Crippen molar-refractivity contribution in [2.75, 3.05) is 17.2 Å². The highest BCUT2D eigenvalue weighted by Gasteiger charge is 2.26. The van der Waals surface area contributed by atoms with Crippen LogP contribution in [0.25, 0.3) is 0 Å². The molecule has 0 aromatic heterocycles. The molecular weight excluding hydrogens is 412 g/mol. The Kier molecular flexibility index (Phi) is 5.64. The maximum Gasteiger partial charge on any atom is 0.239 e. The molecule has 0 radical (unpaired) electrons. The average Bonchev–Trinajstić information content (AvgIpc) is 2.57. The van der Waals surface area contributed by atoms with Crippen molar-refractivity contribution in [3.63, 3.8) is 0 Å². The van der Waals surface area contributed by atoms with Gasteiger partial charge in [-0.15, -0.1) is 0 Å². The summed E-state index contributed by atoms with van der Waals surface area (Å²) < 4.78 is 40.1. The number of benzene rings is 2. The Bertz CT molecular complexity index is 844. The van der Waals surface area contributed by atoms with Gasteiger partial charge < -0.3 is 4.90 Å². The van der Waals surface area contributed by atoms with Crippen LogP contribution in [0.2, 0.25) is 0 Å². The van der Waals surface area contributed by atoms with E-state index < -0.39 is 22.4 Å². The van der Waals surface area contributed by atoms with Gasteiger partial charge in [-0.05, 0) is 42.2 Å². The lowest BCUT2D eigenvalue weighted by atomic mass is 10.0. The number of fused-ring (bicyclic) bond motifs is 1. The van der Waals surface area contributed by atoms with Crippen molar-refractivity contribution in [1.82, 2.24) is 0 Å². The van der Waals surface area contributed by atoms with E-state index in [1.165, 1.54) is 29.2 Å². The Labute approximate surface area is 155 Å². The molecule has 0 N–H and O–H groups in total. The van der Waals surface area contributed by atoms with Crippen molar-refractivity contribution in [3.05, 3.63) is 63.6 Å².